The zero-order chi connectivity index (χ0) is 25.9. The number of aromatic nitrogens is 3. The van der Waals surface area contributed by atoms with E-state index in [1.165, 1.54) is 0 Å². The molecular weight excluding hydrogens is 488 g/mol. The number of nitrogens with one attached hydrogen (secondary N) is 1. The highest BCUT2D eigenvalue weighted by atomic mass is 35.5. The lowest BCUT2D eigenvalue weighted by Crippen LogP contribution is -2.48. The molecule has 9 heteroatoms. The molecular formula is C28H31ClN6O2. The largest absolute Gasteiger partial charge is 0.392 e. The smallest absolute Gasteiger partial charge is 0.250 e. The quantitative estimate of drug-likeness (QED) is 0.385. The second kappa shape index (κ2) is 10.9. The number of aliphatic hydroxyl groups excluding tert-OH is 1. The van der Waals surface area contributed by atoms with Gasteiger partial charge in [0.25, 0.3) is 0 Å². The highest BCUT2D eigenvalue weighted by molar-refractivity contribution is 6.30. The molecule has 192 valence electrons. The minimum absolute atomic E-state index is 0.0464. The fraction of sp³-hybridized carbons (Fsp3) is 0.321. The van der Waals surface area contributed by atoms with Crippen molar-refractivity contribution in [2.45, 2.75) is 19.6 Å². The monoisotopic (exact) mass is 518 g/mol. The van der Waals surface area contributed by atoms with Crippen molar-refractivity contribution in [2.24, 2.45) is 7.05 Å². The molecule has 0 aliphatic carbocycles. The summed E-state index contributed by atoms with van der Waals surface area (Å²) in [4.78, 5) is 26.2. The lowest BCUT2D eigenvalue weighted by molar-refractivity contribution is 0.122. The molecule has 0 radical (unpaired) electrons. The lowest BCUT2D eigenvalue weighted by atomic mass is 10.0. The van der Waals surface area contributed by atoms with Crippen molar-refractivity contribution in [3.05, 3.63) is 81.7 Å². The number of β-amino-alcohol motifs (C(OH)–C–C–N with tert-alkyl or cyclic N) is 1. The van der Waals surface area contributed by atoms with E-state index in [9.17, 15) is 9.90 Å². The number of fused-ring (bicyclic) bond motifs is 1. The highest BCUT2D eigenvalue weighted by Crippen LogP contribution is 2.29. The number of aliphatic hydroxyl groups is 1. The van der Waals surface area contributed by atoms with Crippen molar-refractivity contribution >= 4 is 34.3 Å². The van der Waals surface area contributed by atoms with Crippen molar-refractivity contribution < 1.29 is 5.11 Å². The van der Waals surface area contributed by atoms with Gasteiger partial charge in [-0.05, 0) is 53.9 Å². The van der Waals surface area contributed by atoms with Crippen LogP contribution in [0.1, 0.15) is 12.5 Å². The fourth-order valence-electron chi connectivity index (χ4n) is 4.67. The maximum atomic E-state index is 11.9. The summed E-state index contributed by atoms with van der Waals surface area (Å²) < 4.78 is 1.58. The predicted molar refractivity (Wildman–Crippen MR) is 149 cm³/mol. The number of nitrogens with zero attached hydrogens (tertiary/aromatic N) is 5. The molecule has 5 rings (SSSR count). The SMILES string of the molecule is CC(O)CN1CCN(c2nc(NCc3cccc(Cl)c3)c3cc(-c4ccc(=O)n(C)c4)ccc3n2)CC1. The minimum Gasteiger partial charge on any atom is -0.392 e. The second-order valence-electron chi connectivity index (χ2n) is 9.59. The van der Waals surface area contributed by atoms with Crippen molar-refractivity contribution in [1.82, 2.24) is 19.4 Å². The van der Waals surface area contributed by atoms with Gasteiger partial charge in [0.05, 0.1) is 11.6 Å². The van der Waals surface area contributed by atoms with Crippen LogP contribution < -0.4 is 15.8 Å². The Morgan fingerprint density at radius 3 is 2.54 bits per heavy atom. The average Bonchev–Trinajstić information content (AvgIpc) is 2.88. The summed E-state index contributed by atoms with van der Waals surface area (Å²) in [5.41, 5.74) is 3.79. The third kappa shape index (κ3) is 5.93. The van der Waals surface area contributed by atoms with Gasteiger partial charge in [-0.3, -0.25) is 9.69 Å². The standard InChI is InChI=1S/C28H31ClN6O2/c1-19(36)17-34-10-12-35(13-11-34)28-31-25-8-6-21(22-7-9-26(37)33(2)18-22)15-24(25)27(32-28)30-16-20-4-3-5-23(29)14-20/h3-9,14-15,18-19,36H,10-13,16-17H2,1-2H3,(H,30,31,32). The molecule has 2 aromatic heterocycles. The molecule has 1 aliphatic heterocycles. The summed E-state index contributed by atoms with van der Waals surface area (Å²) in [5, 5.41) is 14.8. The number of pyridine rings is 1. The van der Waals surface area contributed by atoms with Gasteiger partial charge in [-0.2, -0.15) is 4.98 Å². The first kappa shape index (κ1) is 25.2. The molecule has 3 heterocycles. The Labute approximate surface area is 221 Å². The van der Waals surface area contributed by atoms with Crippen LogP contribution in [0.2, 0.25) is 5.02 Å². The number of aryl methyl sites for hydroxylation is 1. The average molecular weight is 519 g/mol. The van der Waals surface area contributed by atoms with Crippen LogP contribution in [0.4, 0.5) is 11.8 Å². The van der Waals surface area contributed by atoms with E-state index in [2.05, 4.69) is 21.2 Å². The Bertz CT molecular complexity index is 1460. The summed E-state index contributed by atoms with van der Waals surface area (Å²) in [6.45, 7) is 6.35. The Hall–Kier alpha value is -3.46. The van der Waals surface area contributed by atoms with Gasteiger partial charge in [-0.15, -0.1) is 0 Å². The molecule has 1 fully saturated rings. The van der Waals surface area contributed by atoms with Crippen LogP contribution in [-0.2, 0) is 13.6 Å². The van der Waals surface area contributed by atoms with Gasteiger partial charge < -0.3 is 19.9 Å². The second-order valence-corrected chi connectivity index (χ2v) is 10.0. The van der Waals surface area contributed by atoms with E-state index in [-0.39, 0.29) is 11.7 Å². The zero-order valence-corrected chi connectivity index (χ0v) is 21.8. The molecule has 2 aromatic carbocycles. The molecule has 0 bridgehead atoms. The van der Waals surface area contributed by atoms with Gasteiger partial charge in [0.15, 0.2) is 0 Å². The first-order valence-electron chi connectivity index (χ1n) is 12.5. The number of hydrogen-bond donors (Lipinski definition) is 2. The van der Waals surface area contributed by atoms with E-state index in [4.69, 9.17) is 21.6 Å². The molecule has 37 heavy (non-hydrogen) atoms. The number of halogens is 1. The summed E-state index contributed by atoms with van der Waals surface area (Å²) >= 11 is 6.20. The van der Waals surface area contributed by atoms with Gasteiger partial charge in [0, 0.05) is 69.0 Å². The highest BCUT2D eigenvalue weighted by Gasteiger charge is 2.21. The van der Waals surface area contributed by atoms with Crippen LogP contribution in [0.3, 0.4) is 0 Å². The molecule has 2 N–H and O–H groups in total. The third-order valence-corrected chi connectivity index (χ3v) is 6.86. The van der Waals surface area contributed by atoms with Gasteiger partial charge in [-0.25, -0.2) is 4.98 Å². The first-order chi connectivity index (χ1) is 17.9. The molecule has 0 amide bonds. The number of anilines is 2. The Balaban J connectivity index is 1.49. The summed E-state index contributed by atoms with van der Waals surface area (Å²) in [7, 11) is 1.75. The van der Waals surface area contributed by atoms with Gasteiger partial charge in [0.2, 0.25) is 11.5 Å². The first-order valence-corrected chi connectivity index (χ1v) is 12.9. The molecule has 4 aromatic rings. The Kier molecular flexibility index (Phi) is 7.41. The number of rotatable bonds is 7. The summed E-state index contributed by atoms with van der Waals surface area (Å²) in [5.74, 6) is 1.44. The van der Waals surface area contributed by atoms with Crippen molar-refractivity contribution in [3.63, 3.8) is 0 Å². The van der Waals surface area contributed by atoms with Crippen LogP contribution in [0.5, 0.6) is 0 Å². The zero-order valence-electron chi connectivity index (χ0n) is 21.1. The van der Waals surface area contributed by atoms with Crippen LogP contribution in [0, 0.1) is 0 Å². The maximum absolute atomic E-state index is 11.9. The fourth-order valence-corrected chi connectivity index (χ4v) is 4.89. The molecule has 1 aliphatic rings. The Morgan fingerprint density at radius 1 is 1.03 bits per heavy atom. The number of piperazine rings is 1. The number of hydrogen-bond acceptors (Lipinski definition) is 7. The molecule has 1 atom stereocenters. The topological polar surface area (TPSA) is 86.5 Å². The van der Waals surface area contributed by atoms with Gasteiger partial charge >= 0.3 is 0 Å². The normalized spacial score (nSPS) is 15.2. The molecule has 1 unspecified atom stereocenters. The van der Waals surface area contributed by atoms with E-state index in [1.807, 2.05) is 55.6 Å². The van der Waals surface area contributed by atoms with Crippen molar-refractivity contribution in [2.75, 3.05) is 42.9 Å². The lowest BCUT2D eigenvalue weighted by Gasteiger charge is -2.35. The van der Waals surface area contributed by atoms with E-state index in [0.717, 1.165) is 59.6 Å². The third-order valence-electron chi connectivity index (χ3n) is 6.63. The van der Waals surface area contributed by atoms with Gasteiger partial charge in [-0.1, -0.05) is 29.8 Å². The Morgan fingerprint density at radius 2 is 1.81 bits per heavy atom. The summed E-state index contributed by atoms with van der Waals surface area (Å²) in [6.07, 6.45) is 1.50. The summed E-state index contributed by atoms with van der Waals surface area (Å²) in [6, 6.07) is 17.3. The molecule has 8 nitrogen and oxygen atoms in total. The van der Waals surface area contributed by atoms with E-state index >= 15 is 0 Å². The van der Waals surface area contributed by atoms with Crippen LogP contribution in [0.25, 0.3) is 22.0 Å². The predicted octanol–water partition coefficient (Wildman–Crippen LogP) is 3.76. The maximum Gasteiger partial charge on any atom is 0.250 e. The minimum atomic E-state index is -0.341. The molecule has 1 saturated heterocycles. The van der Waals surface area contributed by atoms with Crippen LogP contribution in [-0.4, -0.2) is 63.4 Å². The molecule has 0 saturated carbocycles. The number of benzene rings is 2. The van der Waals surface area contributed by atoms with E-state index < -0.39 is 0 Å². The van der Waals surface area contributed by atoms with Crippen molar-refractivity contribution in [1.29, 1.82) is 0 Å². The van der Waals surface area contributed by atoms with E-state index in [0.29, 0.717) is 24.1 Å². The van der Waals surface area contributed by atoms with Crippen LogP contribution >= 0.6 is 11.6 Å². The van der Waals surface area contributed by atoms with Crippen molar-refractivity contribution in [3.8, 4) is 11.1 Å². The van der Waals surface area contributed by atoms with Crippen LogP contribution in [0.15, 0.2) is 65.6 Å². The van der Waals surface area contributed by atoms with Gasteiger partial charge in [0.1, 0.15) is 5.82 Å². The van der Waals surface area contributed by atoms with E-state index in [1.54, 1.807) is 17.7 Å². The molecule has 0 spiro atoms.